The molecule has 1 saturated heterocycles. The van der Waals surface area contributed by atoms with Crippen molar-refractivity contribution in [1.82, 2.24) is 29.8 Å². The van der Waals surface area contributed by atoms with Crippen LogP contribution in [0.25, 0.3) is 5.65 Å². The maximum Gasteiger partial charge on any atom is 0.274 e. The zero-order chi connectivity index (χ0) is 32.8. The van der Waals surface area contributed by atoms with Crippen molar-refractivity contribution in [2.24, 2.45) is 5.41 Å². The number of halogens is 1. The van der Waals surface area contributed by atoms with E-state index in [0.717, 1.165) is 5.56 Å². The van der Waals surface area contributed by atoms with E-state index < -0.39 is 17.5 Å². The van der Waals surface area contributed by atoms with Crippen LogP contribution < -0.4 is 10.6 Å². The van der Waals surface area contributed by atoms with Gasteiger partial charge in [-0.25, -0.2) is 9.37 Å². The Bertz CT molecular complexity index is 1650. The smallest absolute Gasteiger partial charge is 0.274 e. The van der Waals surface area contributed by atoms with Gasteiger partial charge in [0.05, 0.1) is 6.04 Å². The standard InChI is InChI=1S/C35H39FN6O4/c1-35(2,3)31(37-23-43)34(46)42-20-27(38-32(44)25-9-5-4-6-10-25)19-28(42)21-41(18-16-24-12-14-26(36)15-13-24)33(45)29-22-40-17-8-7-11-30(40)39-29/h4-15,17,22-23,27-28,31H,16,18-21H2,1-3H3,(H,37,43)(H,38,44). The van der Waals surface area contributed by atoms with E-state index in [4.69, 9.17) is 0 Å². The summed E-state index contributed by atoms with van der Waals surface area (Å²) in [6, 6.07) is 18.8. The molecule has 1 aliphatic rings. The van der Waals surface area contributed by atoms with Crippen LogP contribution >= 0.6 is 0 Å². The highest BCUT2D eigenvalue weighted by Crippen LogP contribution is 2.27. The predicted octanol–water partition coefficient (Wildman–Crippen LogP) is 3.72. The van der Waals surface area contributed by atoms with Gasteiger partial charge in [-0.2, -0.15) is 0 Å². The molecule has 11 heteroatoms. The molecule has 1 fully saturated rings. The highest BCUT2D eigenvalue weighted by atomic mass is 19.1. The largest absolute Gasteiger partial charge is 0.347 e. The van der Waals surface area contributed by atoms with E-state index >= 15 is 0 Å². The summed E-state index contributed by atoms with van der Waals surface area (Å²) in [6.07, 6.45) is 4.85. The number of nitrogens with zero attached hydrogens (tertiary/aromatic N) is 4. The van der Waals surface area contributed by atoms with Crippen molar-refractivity contribution in [3.05, 3.63) is 108 Å². The van der Waals surface area contributed by atoms with Crippen LogP contribution in [-0.2, 0) is 16.0 Å². The fourth-order valence-corrected chi connectivity index (χ4v) is 5.89. The van der Waals surface area contributed by atoms with Gasteiger partial charge in [-0.05, 0) is 60.2 Å². The Balaban J connectivity index is 1.44. The Hall–Kier alpha value is -5.06. The summed E-state index contributed by atoms with van der Waals surface area (Å²) in [5.41, 5.74) is 1.64. The number of carbonyl (C=O) groups excluding carboxylic acids is 4. The predicted molar refractivity (Wildman–Crippen MR) is 171 cm³/mol. The van der Waals surface area contributed by atoms with Gasteiger partial charge in [-0.15, -0.1) is 0 Å². The summed E-state index contributed by atoms with van der Waals surface area (Å²) in [4.78, 5) is 60.6. The third-order valence-electron chi connectivity index (χ3n) is 8.30. The lowest BCUT2D eigenvalue weighted by Crippen LogP contribution is -2.56. The van der Waals surface area contributed by atoms with Gasteiger partial charge < -0.3 is 24.8 Å². The van der Waals surface area contributed by atoms with Crippen LogP contribution in [0.1, 0.15) is 53.6 Å². The second-order valence-electron chi connectivity index (χ2n) is 12.7. The molecule has 4 amide bonds. The molecular formula is C35H39FN6O4. The molecule has 4 aromatic rings. The van der Waals surface area contributed by atoms with Crippen LogP contribution in [0.15, 0.2) is 85.2 Å². The molecule has 5 rings (SSSR count). The number of amides is 4. The second-order valence-corrected chi connectivity index (χ2v) is 12.7. The molecule has 46 heavy (non-hydrogen) atoms. The first-order chi connectivity index (χ1) is 22.0. The van der Waals surface area contributed by atoms with Crippen LogP contribution in [0.5, 0.6) is 0 Å². The fourth-order valence-electron chi connectivity index (χ4n) is 5.89. The van der Waals surface area contributed by atoms with Gasteiger partial charge >= 0.3 is 0 Å². The molecule has 1 aliphatic heterocycles. The summed E-state index contributed by atoms with van der Waals surface area (Å²) in [6.45, 7) is 6.27. The van der Waals surface area contributed by atoms with E-state index in [1.54, 1.807) is 56.8 Å². The van der Waals surface area contributed by atoms with Gasteiger partial charge in [0, 0.05) is 43.6 Å². The Morgan fingerprint density at radius 2 is 1.76 bits per heavy atom. The number of carbonyl (C=O) groups is 4. The zero-order valence-electron chi connectivity index (χ0n) is 26.2. The number of fused-ring (bicyclic) bond motifs is 1. The van der Waals surface area contributed by atoms with Crippen molar-refractivity contribution in [2.45, 2.75) is 51.7 Å². The fraction of sp³-hybridized carbons (Fsp3) is 0.343. The molecule has 0 radical (unpaired) electrons. The Labute approximate surface area is 267 Å². The Morgan fingerprint density at radius 1 is 1.04 bits per heavy atom. The van der Waals surface area contributed by atoms with Crippen LogP contribution in [0.2, 0.25) is 0 Å². The summed E-state index contributed by atoms with van der Waals surface area (Å²) in [5, 5.41) is 5.74. The molecule has 0 aliphatic carbocycles. The number of aromatic nitrogens is 2. The number of likely N-dealkylation sites (tertiary alicyclic amines) is 1. The number of hydrogen-bond acceptors (Lipinski definition) is 5. The van der Waals surface area contributed by atoms with Crippen molar-refractivity contribution in [2.75, 3.05) is 19.6 Å². The molecule has 240 valence electrons. The number of pyridine rings is 1. The van der Waals surface area contributed by atoms with E-state index in [2.05, 4.69) is 15.6 Å². The number of imidazole rings is 1. The van der Waals surface area contributed by atoms with Crippen molar-refractivity contribution in [3.63, 3.8) is 0 Å². The van der Waals surface area contributed by atoms with Gasteiger partial charge in [0.15, 0.2) is 0 Å². The maximum absolute atomic E-state index is 14.1. The molecule has 3 atom stereocenters. The van der Waals surface area contributed by atoms with Crippen LogP contribution in [0.3, 0.4) is 0 Å². The molecule has 0 bridgehead atoms. The molecular weight excluding hydrogens is 587 g/mol. The van der Waals surface area contributed by atoms with Crippen LogP contribution in [-0.4, -0.2) is 81.1 Å². The molecule has 0 saturated carbocycles. The summed E-state index contributed by atoms with van der Waals surface area (Å²) >= 11 is 0. The van der Waals surface area contributed by atoms with E-state index in [9.17, 15) is 23.6 Å². The van der Waals surface area contributed by atoms with Gasteiger partial charge in [0.25, 0.3) is 11.8 Å². The quantitative estimate of drug-likeness (QED) is 0.246. The van der Waals surface area contributed by atoms with Gasteiger partial charge in [0.2, 0.25) is 12.3 Å². The lowest BCUT2D eigenvalue weighted by atomic mass is 9.85. The van der Waals surface area contributed by atoms with Crippen LogP contribution in [0, 0.1) is 11.2 Å². The van der Waals surface area contributed by atoms with Crippen molar-refractivity contribution < 1.29 is 23.6 Å². The minimum Gasteiger partial charge on any atom is -0.347 e. The van der Waals surface area contributed by atoms with Gasteiger partial charge in [0.1, 0.15) is 23.2 Å². The van der Waals surface area contributed by atoms with Gasteiger partial charge in [-0.3, -0.25) is 19.2 Å². The molecule has 2 aromatic carbocycles. The first kappa shape index (κ1) is 32.3. The molecule has 2 N–H and O–H groups in total. The Kier molecular flexibility index (Phi) is 9.79. The van der Waals surface area contributed by atoms with Gasteiger partial charge in [-0.1, -0.05) is 57.2 Å². The van der Waals surface area contributed by atoms with Crippen LogP contribution in [0.4, 0.5) is 4.39 Å². The van der Waals surface area contributed by atoms with Crippen molar-refractivity contribution in [1.29, 1.82) is 0 Å². The van der Waals surface area contributed by atoms with E-state index in [0.29, 0.717) is 30.5 Å². The normalized spacial score (nSPS) is 17.0. The van der Waals surface area contributed by atoms with E-state index in [1.807, 2.05) is 51.2 Å². The maximum atomic E-state index is 14.1. The first-order valence-corrected chi connectivity index (χ1v) is 15.4. The molecule has 2 aromatic heterocycles. The third kappa shape index (κ3) is 7.59. The third-order valence-corrected chi connectivity index (χ3v) is 8.30. The number of nitrogens with one attached hydrogen (secondary N) is 2. The number of rotatable bonds is 11. The first-order valence-electron chi connectivity index (χ1n) is 15.4. The summed E-state index contributed by atoms with van der Waals surface area (Å²) in [5.74, 6) is -1.21. The molecule has 10 nitrogen and oxygen atoms in total. The SMILES string of the molecule is CC(C)(C)C(NC=O)C(=O)N1CC(NC(=O)c2ccccc2)CC1CN(CCc1ccc(F)cc1)C(=O)c1cn2ccccc2n1. The lowest BCUT2D eigenvalue weighted by molar-refractivity contribution is -0.138. The summed E-state index contributed by atoms with van der Waals surface area (Å²) in [7, 11) is 0. The topological polar surface area (TPSA) is 116 Å². The summed E-state index contributed by atoms with van der Waals surface area (Å²) < 4.78 is 15.4. The average molecular weight is 627 g/mol. The number of hydrogen-bond donors (Lipinski definition) is 2. The molecule has 3 heterocycles. The lowest BCUT2D eigenvalue weighted by Gasteiger charge is -2.36. The average Bonchev–Trinajstić information content (AvgIpc) is 3.66. The second kappa shape index (κ2) is 13.9. The molecule has 0 spiro atoms. The zero-order valence-corrected chi connectivity index (χ0v) is 26.2. The van der Waals surface area contributed by atoms with E-state index in [1.165, 1.54) is 12.1 Å². The van der Waals surface area contributed by atoms with Crippen molar-refractivity contribution >= 4 is 29.8 Å². The minimum absolute atomic E-state index is 0.162. The van der Waals surface area contributed by atoms with Crippen molar-refractivity contribution in [3.8, 4) is 0 Å². The monoisotopic (exact) mass is 626 g/mol. The highest BCUT2D eigenvalue weighted by Gasteiger charge is 2.43. The minimum atomic E-state index is -0.821. The molecule has 3 unspecified atom stereocenters. The number of benzene rings is 2. The van der Waals surface area contributed by atoms with E-state index in [-0.39, 0.29) is 54.9 Å². The Morgan fingerprint density at radius 3 is 2.43 bits per heavy atom. The highest BCUT2D eigenvalue weighted by molar-refractivity contribution is 5.95.